The Morgan fingerprint density at radius 1 is 1.00 bits per heavy atom. The number of non-ortho nitro benzene ring substituents is 1. The van der Waals surface area contributed by atoms with E-state index in [-0.39, 0.29) is 16.9 Å². The van der Waals surface area contributed by atoms with Crippen LogP contribution in [0.4, 0.5) is 11.4 Å². The van der Waals surface area contributed by atoms with E-state index in [1.165, 1.54) is 12.1 Å². The second-order valence-electron chi connectivity index (χ2n) is 5.83. The van der Waals surface area contributed by atoms with Gasteiger partial charge in [0, 0.05) is 6.07 Å². The van der Waals surface area contributed by atoms with Gasteiger partial charge in [0.1, 0.15) is 5.75 Å². The minimum absolute atomic E-state index is 0.0740. The first-order valence-electron chi connectivity index (χ1n) is 7.99. The quantitative estimate of drug-likeness (QED) is 0.338. The van der Waals surface area contributed by atoms with Crippen molar-refractivity contribution in [1.29, 1.82) is 0 Å². The second kappa shape index (κ2) is 7.60. The Bertz CT molecular complexity index is 1190. The minimum Gasteiger partial charge on any atom is -0.507 e. The fourth-order valence-corrected chi connectivity index (χ4v) is 2.60. The molecule has 0 aliphatic rings. The summed E-state index contributed by atoms with van der Waals surface area (Å²) in [6.07, 6.45) is 0.825. The third-order valence-electron chi connectivity index (χ3n) is 3.99. The lowest BCUT2D eigenvalue weighted by molar-refractivity contribution is -0.394. The highest BCUT2D eigenvalue weighted by Gasteiger charge is 2.23. The Labute approximate surface area is 161 Å². The molecule has 1 amide bonds. The molecular formula is C18H12N4O7. The highest BCUT2D eigenvalue weighted by Crippen LogP contribution is 2.33. The number of nitro benzene ring substituents is 2. The molecule has 0 heterocycles. The Balaban J connectivity index is 1.88. The number of carbonyl (C=O) groups excluding carboxylic acids is 1. The van der Waals surface area contributed by atoms with Crippen molar-refractivity contribution in [2.24, 2.45) is 5.10 Å². The van der Waals surface area contributed by atoms with Crippen molar-refractivity contribution >= 4 is 34.3 Å². The lowest BCUT2D eigenvalue weighted by Gasteiger charge is -2.06. The van der Waals surface area contributed by atoms with Gasteiger partial charge >= 0.3 is 5.69 Å². The van der Waals surface area contributed by atoms with Gasteiger partial charge in [-0.05, 0) is 22.9 Å². The molecule has 0 fully saturated rings. The van der Waals surface area contributed by atoms with Crippen LogP contribution in [0, 0.1) is 20.2 Å². The van der Waals surface area contributed by atoms with E-state index < -0.39 is 32.9 Å². The van der Waals surface area contributed by atoms with Gasteiger partial charge in [0.2, 0.25) is 5.75 Å². The molecule has 0 bridgehead atoms. The first-order valence-corrected chi connectivity index (χ1v) is 7.99. The molecule has 0 aliphatic carbocycles. The summed E-state index contributed by atoms with van der Waals surface area (Å²) in [7, 11) is 0. The van der Waals surface area contributed by atoms with Crippen molar-refractivity contribution in [3.05, 3.63) is 79.9 Å². The monoisotopic (exact) mass is 396 g/mol. The van der Waals surface area contributed by atoms with Crippen LogP contribution in [-0.4, -0.2) is 32.2 Å². The number of nitrogens with one attached hydrogen (secondary N) is 1. The fourth-order valence-electron chi connectivity index (χ4n) is 2.60. The van der Waals surface area contributed by atoms with Crippen molar-refractivity contribution in [2.75, 3.05) is 0 Å². The van der Waals surface area contributed by atoms with E-state index in [2.05, 4.69) is 10.5 Å². The number of aromatic hydroxyl groups is 2. The van der Waals surface area contributed by atoms with Gasteiger partial charge in [-0.2, -0.15) is 5.10 Å². The summed E-state index contributed by atoms with van der Waals surface area (Å²) in [5, 5.41) is 46.8. The van der Waals surface area contributed by atoms with E-state index >= 15 is 0 Å². The standard InChI is InChI=1S/C18H12N4O7/c23-16-7-11-4-2-1-3-10(11)6-14(16)18(25)20-19-9-12-5-13(21(26)27)8-15(17(12)24)22(28)29/h1-9,23-24H,(H,20,25). The zero-order valence-corrected chi connectivity index (χ0v) is 14.5. The number of hydrazone groups is 1. The number of hydrogen-bond acceptors (Lipinski definition) is 8. The van der Waals surface area contributed by atoms with Gasteiger partial charge in [0.15, 0.2) is 0 Å². The summed E-state index contributed by atoms with van der Waals surface area (Å²) < 4.78 is 0. The first-order chi connectivity index (χ1) is 13.8. The minimum atomic E-state index is -0.981. The molecular weight excluding hydrogens is 384 g/mol. The molecule has 0 aromatic heterocycles. The molecule has 3 N–H and O–H groups in total. The maximum atomic E-state index is 12.3. The molecule has 3 aromatic rings. The molecule has 0 saturated carbocycles. The summed E-state index contributed by atoms with van der Waals surface area (Å²) in [4.78, 5) is 32.3. The average molecular weight is 396 g/mol. The summed E-state index contributed by atoms with van der Waals surface area (Å²) in [6, 6.07) is 11.4. The number of rotatable bonds is 5. The molecule has 0 atom stereocenters. The highest BCUT2D eigenvalue weighted by molar-refractivity contribution is 6.02. The van der Waals surface area contributed by atoms with Crippen LogP contribution in [0.5, 0.6) is 11.5 Å². The molecule has 0 aliphatic heterocycles. The van der Waals surface area contributed by atoms with Gasteiger partial charge < -0.3 is 10.2 Å². The summed E-state index contributed by atoms with van der Waals surface area (Å²) >= 11 is 0. The van der Waals surface area contributed by atoms with Crippen molar-refractivity contribution < 1.29 is 24.9 Å². The van der Waals surface area contributed by atoms with Crippen LogP contribution in [0.1, 0.15) is 15.9 Å². The van der Waals surface area contributed by atoms with Crippen LogP contribution < -0.4 is 5.43 Å². The molecule has 11 heteroatoms. The Morgan fingerprint density at radius 2 is 1.66 bits per heavy atom. The molecule has 0 spiro atoms. The summed E-state index contributed by atoms with van der Waals surface area (Å²) in [6.45, 7) is 0. The molecule has 0 saturated heterocycles. The molecule has 3 aromatic carbocycles. The van der Waals surface area contributed by atoms with Gasteiger partial charge in [0.05, 0.1) is 33.3 Å². The number of nitrogens with zero attached hydrogens (tertiary/aromatic N) is 3. The number of carbonyl (C=O) groups is 1. The predicted molar refractivity (Wildman–Crippen MR) is 102 cm³/mol. The summed E-state index contributed by atoms with van der Waals surface area (Å²) in [5.41, 5.74) is 0.178. The second-order valence-corrected chi connectivity index (χ2v) is 5.83. The van der Waals surface area contributed by atoms with Crippen LogP contribution in [-0.2, 0) is 0 Å². The Morgan fingerprint density at radius 3 is 2.28 bits per heavy atom. The van der Waals surface area contributed by atoms with Crippen LogP contribution >= 0.6 is 0 Å². The van der Waals surface area contributed by atoms with Crippen molar-refractivity contribution in [1.82, 2.24) is 5.43 Å². The lowest BCUT2D eigenvalue weighted by atomic mass is 10.1. The third kappa shape index (κ3) is 3.93. The van der Waals surface area contributed by atoms with Crippen molar-refractivity contribution in [2.45, 2.75) is 0 Å². The number of fused-ring (bicyclic) bond motifs is 1. The maximum absolute atomic E-state index is 12.3. The van der Waals surface area contributed by atoms with E-state index in [4.69, 9.17) is 0 Å². The van der Waals surface area contributed by atoms with E-state index in [9.17, 15) is 35.2 Å². The average Bonchev–Trinajstić information content (AvgIpc) is 2.68. The zero-order chi connectivity index (χ0) is 21.1. The van der Waals surface area contributed by atoms with Gasteiger partial charge in [-0.3, -0.25) is 25.0 Å². The zero-order valence-electron chi connectivity index (χ0n) is 14.5. The Hall–Kier alpha value is -4.54. The Kier molecular flexibility index (Phi) is 5.04. The first kappa shape index (κ1) is 19.2. The van der Waals surface area contributed by atoms with Crippen LogP contribution in [0.2, 0.25) is 0 Å². The molecule has 29 heavy (non-hydrogen) atoms. The molecule has 11 nitrogen and oxygen atoms in total. The van der Waals surface area contributed by atoms with E-state index in [0.29, 0.717) is 11.5 Å². The van der Waals surface area contributed by atoms with Gasteiger partial charge in [-0.15, -0.1) is 0 Å². The highest BCUT2D eigenvalue weighted by atomic mass is 16.6. The van der Waals surface area contributed by atoms with Gasteiger partial charge in [-0.25, -0.2) is 5.43 Å². The van der Waals surface area contributed by atoms with Gasteiger partial charge in [-0.1, -0.05) is 24.3 Å². The number of phenolic OH excluding ortho intramolecular Hbond substituents is 2. The SMILES string of the molecule is O=C(NN=Cc1cc([N+](=O)[O-])cc([N+](=O)[O-])c1O)c1cc2ccccc2cc1O. The van der Waals surface area contributed by atoms with E-state index in [1.807, 2.05) is 0 Å². The molecule has 3 rings (SSSR count). The predicted octanol–water partition coefficient (Wildman–Crippen LogP) is 2.83. The number of amides is 1. The van der Waals surface area contributed by atoms with Crippen LogP contribution in [0.3, 0.4) is 0 Å². The summed E-state index contributed by atoms with van der Waals surface area (Å²) in [5.74, 6) is -1.92. The maximum Gasteiger partial charge on any atom is 0.318 e. The smallest absolute Gasteiger partial charge is 0.318 e. The number of hydrogen-bond donors (Lipinski definition) is 3. The molecule has 0 unspecified atom stereocenters. The molecule has 146 valence electrons. The third-order valence-corrected chi connectivity index (χ3v) is 3.99. The van der Waals surface area contributed by atoms with Crippen molar-refractivity contribution in [3.8, 4) is 11.5 Å². The normalized spacial score (nSPS) is 10.9. The topological polar surface area (TPSA) is 168 Å². The molecule has 0 radical (unpaired) electrons. The van der Waals surface area contributed by atoms with E-state index in [0.717, 1.165) is 17.7 Å². The largest absolute Gasteiger partial charge is 0.507 e. The van der Waals surface area contributed by atoms with Crippen LogP contribution in [0.15, 0.2) is 53.6 Å². The van der Waals surface area contributed by atoms with Crippen molar-refractivity contribution in [3.63, 3.8) is 0 Å². The van der Waals surface area contributed by atoms with Gasteiger partial charge in [0.25, 0.3) is 11.6 Å². The lowest BCUT2D eigenvalue weighted by Crippen LogP contribution is -2.17. The number of nitro groups is 2. The van der Waals surface area contributed by atoms with E-state index in [1.54, 1.807) is 24.3 Å². The number of phenols is 2. The fraction of sp³-hybridized carbons (Fsp3) is 0. The van der Waals surface area contributed by atoms with Crippen LogP contribution in [0.25, 0.3) is 10.8 Å². The number of benzene rings is 3.